The standard InChI is InChI=1S/C21H21ClN4O2/c22-18-5-6-20-19(11-18)26(9-10-28-20)14-21(27)24-12-16-1-3-17(4-2-16)13-25-8-7-23-15-25/h1-8,11,15H,9-10,12-14H2,(H,24,27). The fourth-order valence-electron chi connectivity index (χ4n) is 3.19. The number of anilines is 1. The number of carbonyl (C=O) groups excluding carboxylic acids is 1. The molecule has 2 heterocycles. The summed E-state index contributed by atoms with van der Waals surface area (Å²) >= 11 is 6.09. The van der Waals surface area contributed by atoms with Gasteiger partial charge in [-0.3, -0.25) is 4.79 Å². The molecule has 144 valence electrons. The summed E-state index contributed by atoms with van der Waals surface area (Å²) < 4.78 is 7.65. The molecule has 0 saturated heterocycles. The van der Waals surface area contributed by atoms with E-state index in [0.29, 0.717) is 24.7 Å². The lowest BCUT2D eigenvalue weighted by atomic mass is 10.1. The first kappa shape index (κ1) is 18.4. The minimum atomic E-state index is -0.0321. The smallest absolute Gasteiger partial charge is 0.239 e. The van der Waals surface area contributed by atoms with Crippen molar-refractivity contribution in [1.29, 1.82) is 0 Å². The van der Waals surface area contributed by atoms with Crippen LogP contribution in [0.2, 0.25) is 5.02 Å². The van der Waals surface area contributed by atoms with Gasteiger partial charge in [0.05, 0.1) is 25.1 Å². The van der Waals surface area contributed by atoms with Crippen molar-refractivity contribution in [3.05, 3.63) is 77.3 Å². The molecular formula is C21H21ClN4O2. The van der Waals surface area contributed by atoms with Crippen LogP contribution in [0.3, 0.4) is 0 Å². The second kappa shape index (κ2) is 8.35. The van der Waals surface area contributed by atoms with Crippen LogP contribution in [0.1, 0.15) is 11.1 Å². The fourth-order valence-corrected chi connectivity index (χ4v) is 3.36. The lowest BCUT2D eigenvalue weighted by molar-refractivity contribution is -0.120. The number of nitrogens with zero attached hydrogens (tertiary/aromatic N) is 3. The molecule has 0 atom stereocenters. The minimum Gasteiger partial charge on any atom is -0.490 e. The van der Waals surface area contributed by atoms with Gasteiger partial charge in [0, 0.05) is 30.5 Å². The van der Waals surface area contributed by atoms with Gasteiger partial charge in [-0.25, -0.2) is 4.98 Å². The van der Waals surface area contributed by atoms with Crippen LogP contribution >= 0.6 is 11.6 Å². The van der Waals surface area contributed by atoms with Crippen LogP contribution in [0.5, 0.6) is 5.75 Å². The van der Waals surface area contributed by atoms with Crippen molar-refractivity contribution in [2.75, 3.05) is 24.6 Å². The molecule has 1 aromatic heterocycles. The normalized spacial score (nSPS) is 13.0. The third-order valence-electron chi connectivity index (χ3n) is 4.65. The maximum absolute atomic E-state index is 12.4. The van der Waals surface area contributed by atoms with E-state index in [1.807, 2.05) is 39.9 Å². The molecule has 1 aliphatic heterocycles. The van der Waals surface area contributed by atoms with Crippen LogP contribution in [0.25, 0.3) is 0 Å². The van der Waals surface area contributed by atoms with Gasteiger partial charge in [-0.15, -0.1) is 0 Å². The van der Waals surface area contributed by atoms with E-state index in [0.717, 1.165) is 23.5 Å². The zero-order valence-corrected chi connectivity index (χ0v) is 16.1. The summed E-state index contributed by atoms with van der Waals surface area (Å²) in [4.78, 5) is 18.5. The largest absolute Gasteiger partial charge is 0.490 e. The predicted molar refractivity (Wildman–Crippen MR) is 109 cm³/mol. The zero-order valence-electron chi connectivity index (χ0n) is 15.3. The molecule has 28 heavy (non-hydrogen) atoms. The number of fused-ring (bicyclic) bond motifs is 1. The summed E-state index contributed by atoms with van der Waals surface area (Å²) in [5, 5.41) is 3.62. The van der Waals surface area contributed by atoms with Crippen LogP contribution in [0, 0.1) is 0 Å². The number of amides is 1. The summed E-state index contributed by atoms with van der Waals surface area (Å²) in [6.07, 6.45) is 5.50. The minimum absolute atomic E-state index is 0.0321. The van der Waals surface area contributed by atoms with Gasteiger partial charge in [-0.1, -0.05) is 35.9 Å². The average Bonchev–Trinajstić information content (AvgIpc) is 3.21. The Morgan fingerprint density at radius 2 is 2.00 bits per heavy atom. The fraction of sp³-hybridized carbons (Fsp3) is 0.238. The Labute approximate surface area is 168 Å². The molecular weight excluding hydrogens is 376 g/mol. The first-order chi connectivity index (χ1) is 13.7. The summed E-state index contributed by atoms with van der Waals surface area (Å²) in [7, 11) is 0. The highest BCUT2D eigenvalue weighted by molar-refractivity contribution is 6.31. The second-order valence-electron chi connectivity index (χ2n) is 6.71. The molecule has 1 aliphatic rings. The summed E-state index contributed by atoms with van der Waals surface area (Å²) in [5.41, 5.74) is 3.11. The quantitative estimate of drug-likeness (QED) is 0.695. The molecule has 0 radical (unpaired) electrons. The Morgan fingerprint density at radius 1 is 1.18 bits per heavy atom. The van der Waals surface area contributed by atoms with Crippen molar-refractivity contribution in [3.8, 4) is 5.75 Å². The van der Waals surface area contributed by atoms with Crippen LogP contribution in [-0.4, -0.2) is 35.2 Å². The Kier molecular flexibility index (Phi) is 5.48. The molecule has 6 nitrogen and oxygen atoms in total. The van der Waals surface area contributed by atoms with Crippen molar-refractivity contribution in [2.24, 2.45) is 0 Å². The Hall–Kier alpha value is -2.99. The third kappa shape index (κ3) is 4.46. The maximum atomic E-state index is 12.4. The molecule has 2 aromatic carbocycles. The number of halogens is 1. The van der Waals surface area contributed by atoms with Crippen LogP contribution in [0.4, 0.5) is 5.69 Å². The summed E-state index contributed by atoms with van der Waals surface area (Å²) in [6.45, 7) is 2.77. The number of hydrogen-bond donors (Lipinski definition) is 1. The van der Waals surface area contributed by atoms with Gasteiger partial charge in [-0.05, 0) is 29.3 Å². The van der Waals surface area contributed by atoms with Crippen LogP contribution in [0.15, 0.2) is 61.2 Å². The SMILES string of the molecule is O=C(CN1CCOc2ccc(Cl)cc21)NCc1ccc(Cn2ccnc2)cc1. The van der Waals surface area contributed by atoms with Gasteiger partial charge in [0.25, 0.3) is 0 Å². The molecule has 0 unspecified atom stereocenters. The van der Waals surface area contributed by atoms with Gasteiger partial charge in [0.15, 0.2) is 0 Å². The molecule has 1 amide bonds. The van der Waals surface area contributed by atoms with E-state index in [1.165, 1.54) is 5.56 Å². The van der Waals surface area contributed by atoms with Crippen molar-refractivity contribution < 1.29 is 9.53 Å². The van der Waals surface area contributed by atoms with Crippen LogP contribution in [-0.2, 0) is 17.9 Å². The number of carbonyl (C=O) groups is 1. The van der Waals surface area contributed by atoms with E-state index in [1.54, 1.807) is 18.6 Å². The van der Waals surface area contributed by atoms with E-state index >= 15 is 0 Å². The van der Waals surface area contributed by atoms with Crippen molar-refractivity contribution in [3.63, 3.8) is 0 Å². The van der Waals surface area contributed by atoms with Gasteiger partial charge in [0.2, 0.25) is 5.91 Å². The molecule has 0 aliphatic carbocycles. The van der Waals surface area contributed by atoms with E-state index in [2.05, 4.69) is 22.4 Å². The Balaban J connectivity index is 1.31. The lowest BCUT2D eigenvalue weighted by Gasteiger charge is -2.30. The lowest BCUT2D eigenvalue weighted by Crippen LogP contribution is -2.41. The van der Waals surface area contributed by atoms with Crippen molar-refractivity contribution in [2.45, 2.75) is 13.1 Å². The molecule has 1 N–H and O–H groups in total. The molecule has 0 spiro atoms. The molecule has 0 saturated carbocycles. The number of aromatic nitrogens is 2. The first-order valence-electron chi connectivity index (χ1n) is 9.15. The van der Waals surface area contributed by atoms with Gasteiger partial charge in [0.1, 0.15) is 12.4 Å². The average molecular weight is 397 g/mol. The van der Waals surface area contributed by atoms with Crippen molar-refractivity contribution >= 4 is 23.2 Å². The van der Waals surface area contributed by atoms with E-state index in [9.17, 15) is 4.79 Å². The second-order valence-corrected chi connectivity index (χ2v) is 7.15. The number of benzene rings is 2. The number of ether oxygens (including phenoxy) is 1. The Bertz CT molecular complexity index is 942. The van der Waals surface area contributed by atoms with Gasteiger partial charge in [-0.2, -0.15) is 0 Å². The number of hydrogen-bond acceptors (Lipinski definition) is 4. The highest BCUT2D eigenvalue weighted by Gasteiger charge is 2.20. The van der Waals surface area contributed by atoms with E-state index in [-0.39, 0.29) is 12.5 Å². The third-order valence-corrected chi connectivity index (χ3v) is 4.89. The highest BCUT2D eigenvalue weighted by atomic mass is 35.5. The summed E-state index contributed by atoms with van der Waals surface area (Å²) in [6, 6.07) is 13.7. The first-order valence-corrected chi connectivity index (χ1v) is 9.53. The number of rotatable bonds is 6. The molecule has 0 bridgehead atoms. The number of nitrogens with one attached hydrogen (secondary N) is 1. The predicted octanol–water partition coefficient (Wildman–Crippen LogP) is 3.10. The molecule has 4 rings (SSSR count). The Morgan fingerprint density at radius 3 is 2.79 bits per heavy atom. The molecule has 3 aromatic rings. The highest BCUT2D eigenvalue weighted by Crippen LogP contribution is 2.33. The zero-order chi connectivity index (χ0) is 19.3. The van der Waals surface area contributed by atoms with Crippen LogP contribution < -0.4 is 15.0 Å². The summed E-state index contributed by atoms with van der Waals surface area (Å²) in [5.74, 6) is 0.729. The molecule has 0 fully saturated rings. The molecule has 7 heteroatoms. The van der Waals surface area contributed by atoms with Gasteiger partial charge >= 0.3 is 0 Å². The van der Waals surface area contributed by atoms with Gasteiger partial charge < -0.3 is 19.5 Å². The topological polar surface area (TPSA) is 59.4 Å². The van der Waals surface area contributed by atoms with Crippen molar-refractivity contribution in [1.82, 2.24) is 14.9 Å². The van der Waals surface area contributed by atoms with E-state index in [4.69, 9.17) is 16.3 Å². The number of imidazole rings is 1. The van der Waals surface area contributed by atoms with E-state index < -0.39 is 0 Å². The maximum Gasteiger partial charge on any atom is 0.239 e. The monoisotopic (exact) mass is 396 g/mol.